The number of anilines is 1. The van der Waals surface area contributed by atoms with Crippen molar-refractivity contribution in [1.82, 2.24) is 9.97 Å². The molecule has 0 radical (unpaired) electrons. The minimum absolute atomic E-state index is 0.0880. The van der Waals surface area contributed by atoms with E-state index in [0.717, 1.165) is 11.8 Å². The smallest absolute Gasteiger partial charge is 0.260 e. The van der Waals surface area contributed by atoms with Gasteiger partial charge >= 0.3 is 0 Å². The number of aryl methyl sites for hydroxylation is 1. The van der Waals surface area contributed by atoms with E-state index in [2.05, 4.69) is 15.3 Å². The highest BCUT2D eigenvalue weighted by molar-refractivity contribution is 5.33. The molecule has 17 heavy (non-hydrogen) atoms. The number of halogens is 1. The molecule has 0 atom stereocenters. The number of aromatic nitrogens is 2. The van der Waals surface area contributed by atoms with Gasteiger partial charge in [0, 0.05) is 7.05 Å². The molecule has 0 aliphatic heterocycles. The molecule has 88 valence electrons. The largest absolute Gasteiger partial charge is 0.436 e. The van der Waals surface area contributed by atoms with Crippen LogP contribution >= 0.6 is 0 Å². The van der Waals surface area contributed by atoms with Gasteiger partial charge in [0.25, 0.3) is 5.88 Å². The third kappa shape index (κ3) is 2.69. The molecular formula is C12H12FN3O. The molecule has 0 unspecified atom stereocenters. The Bertz CT molecular complexity index is 531. The maximum absolute atomic E-state index is 13.4. The lowest BCUT2D eigenvalue weighted by Gasteiger charge is -2.07. The molecule has 1 heterocycles. The van der Waals surface area contributed by atoms with Gasteiger partial charge in [0.15, 0.2) is 0 Å². The monoisotopic (exact) mass is 233 g/mol. The van der Waals surface area contributed by atoms with Crippen LogP contribution in [0.5, 0.6) is 11.6 Å². The van der Waals surface area contributed by atoms with Crippen molar-refractivity contribution in [1.29, 1.82) is 0 Å². The first-order valence-corrected chi connectivity index (χ1v) is 5.14. The summed E-state index contributed by atoms with van der Waals surface area (Å²) in [6.07, 6.45) is 1.07. The van der Waals surface area contributed by atoms with Crippen molar-refractivity contribution in [3.8, 4) is 11.6 Å². The fourth-order valence-corrected chi connectivity index (χ4v) is 1.33. The number of hydrogen-bond acceptors (Lipinski definition) is 4. The van der Waals surface area contributed by atoms with Crippen LogP contribution in [0.2, 0.25) is 0 Å². The van der Waals surface area contributed by atoms with E-state index >= 15 is 0 Å². The van der Waals surface area contributed by atoms with E-state index in [1.165, 1.54) is 0 Å². The van der Waals surface area contributed by atoms with E-state index in [1.807, 2.05) is 19.1 Å². The predicted octanol–water partition coefficient (Wildman–Crippen LogP) is 2.76. The number of nitrogens with zero attached hydrogens (tertiary/aromatic N) is 2. The molecule has 0 spiro atoms. The van der Waals surface area contributed by atoms with Gasteiger partial charge in [0.2, 0.25) is 11.8 Å². The van der Waals surface area contributed by atoms with Gasteiger partial charge < -0.3 is 10.1 Å². The van der Waals surface area contributed by atoms with Crippen molar-refractivity contribution in [3.63, 3.8) is 0 Å². The van der Waals surface area contributed by atoms with Crippen molar-refractivity contribution < 1.29 is 9.13 Å². The van der Waals surface area contributed by atoms with Crippen LogP contribution in [0, 0.1) is 12.7 Å². The van der Waals surface area contributed by atoms with E-state index in [0.29, 0.717) is 11.7 Å². The maximum Gasteiger partial charge on any atom is 0.260 e. The molecule has 0 aliphatic rings. The van der Waals surface area contributed by atoms with Crippen LogP contribution in [-0.2, 0) is 0 Å². The molecular weight excluding hydrogens is 221 g/mol. The molecule has 5 heteroatoms. The zero-order valence-electron chi connectivity index (χ0n) is 9.57. The quantitative estimate of drug-likeness (QED) is 0.885. The first-order chi connectivity index (χ1) is 8.19. The van der Waals surface area contributed by atoms with Crippen molar-refractivity contribution in [3.05, 3.63) is 41.8 Å². The van der Waals surface area contributed by atoms with Crippen LogP contribution in [0.3, 0.4) is 0 Å². The minimum atomic E-state index is -0.592. The van der Waals surface area contributed by atoms with Gasteiger partial charge in [-0.3, -0.25) is 0 Å². The zero-order chi connectivity index (χ0) is 12.3. The molecule has 2 aromatic rings. The summed E-state index contributed by atoms with van der Waals surface area (Å²) in [7, 11) is 1.66. The van der Waals surface area contributed by atoms with Gasteiger partial charge in [-0.05, 0) is 24.6 Å². The molecule has 1 aromatic carbocycles. The van der Waals surface area contributed by atoms with Crippen LogP contribution in [0.25, 0.3) is 0 Å². The SMILES string of the molecule is CNc1ncc(F)c(Oc2cccc(C)c2)n1. The highest BCUT2D eigenvalue weighted by atomic mass is 19.1. The van der Waals surface area contributed by atoms with E-state index in [-0.39, 0.29) is 5.88 Å². The van der Waals surface area contributed by atoms with Gasteiger partial charge in [-0.1, -0.05) is 12.1 Å². The second kappa shape index (κ2) is 4.78. The Morgan fingerprint density at radius 3 is 2.88 bits per heavy atom. The Kier molecular flexibility index (Phi) is 3.18. The Labute approximate surface area is 98.5 Å². The first kappa shape index (κ1) is 11.3. The van der Waals surface area contributed by atoms with Gasteiger partial charge in [0.1, 0.15) is 5.75 Å². The predicted molar refractivity (Wildman–Crippen MR) is 62.8 cm³/mol. The lowest BCUT2D eigenvalue weighted by Crippen LogP contribution is -2.00. The van der Waals surface area contributed by atoms with Gasteiger partial charge in [-0.2, -0.15) is 9.37 Å². The summed E-state index contributed by atoms with van der Waals surface area (Å²) < 4.78 is 18.8. The normalized spacial score (nSPS) is 10.1. The molecule has 0 fully saturated rings. The Morgan fingerprint density at radius 2 is 2.18 bits per heavy atom. The maximum atomic E-state index is 13.4. The van der Waals surface area contributed by atoms with Crippen LogP contribution in [0.1, 0.15) is 5.56 Å². The summed E-state index contributed by atoms with van der Waals surface area (Å²) in [6, 6.07) is 7.32. The number of ether oxygens (including phenoxy) is 1. The van der Waals surface area contributed by atoms with E-state index in [1.54, 1.807) is 19.2 Å². The summed E-state index contributed by atoms with van der Waals surface area (Å²) in [5.74, 6) is 0.180. The van der Waals surface area contributed by atoms with E-state index < -0.39 is 5.82 Å². The summed E-state index contributed by atoms with van der Waals surface area (Å²) in [6.45, 7) is 1.93. The minimum Gasteiger partial charge on any atom is -0.436 e. The number of hydrogen-bond donors (Lipinski definition) is 1. The lowest BCUT2D eigenvalue weighted by atomic mass is 10.2. The number of benzene rings is 1. The van der Waals surface area contributed by atoms with Gasteiger partial charge in [-0.15, -0.1) is 0 Å². The highest BCUT2D eigenvalue weighted by Crippen LogP contribution is 2.23. The van der Waals surface area contributed by atoms with Crippen molar-refractivity contribution in [2.24, 2.45) is 0 Å². The van der Waals surface area contributed by atoms with Gasteiger partial charge in [-0.25, -0.2) is 4.98 Å². The second-order valence-corrected chi connectivity index (χ2v) is 3.52. The summed E-state index contributed by atoms with van der Waals surface area (Å²) in [5.41, 5.74) is 1.03. The van der Waals surface area contributed by atoms with Crippen LogP contribution in [-0.4, -0.2) is 17.0 Å². The van der Waals surface area contributed by atoms with Crippen molar-refractivity contribution in [2.75, 3.05) is 12.4 Å². The highest BCUT2D eigenvalue weighted by Gasteiger charge is 2.08. The molecule has 0 saturated carbocycles. The Hall–Kier alpha value is -2.17. The third-order valence-corrected chi connectivity index (χ3v) is 2.14. The van der Waals surface area contributed by atoms with Crippen LogP contribution in [0.4, 0.5) is 10.3 Å². The molecule has 0 amide bonds. The average molecular weight is 233 g/mol. The lowest BCUT2D eigenvalue weighted by molar-refractivity contribution is 0.420. The fourth-order valence-electron chi connectivity index (χ4n) is 1.33. The summed E-state index contributed by atoms with van der Waals surface area (Å²) >= 11 is 0. The number of nitrogens with one attached hydrogen (secondary N) is 1. The van der Waals surface area contributed by atoms with E-state index in [4.69, 9.17) is 4.74 Å². The topological polar surface area (TPSA) is 47.0 Å². The van der Waals surface area contributed by atoms with Crippen molar-refractivity contribution in [2.45, 2.75) is 6.92 Å². The van der Waals surface area contributed by atoms with Crippen LogP contribution < -0.4 is 10.1 Å². The van der Waals surface area contributed by atoms with Crippen molar-refractivity contribution >= 4 is 5.95 Å². The molecule has 1 aromatic heterocycles. The van der Waals surface area contributed by atoms with E-state index in [9.17, 15) is 4.39 Å². The van der Waals surface area contributed by atoms with Gasteiger partial charge in [0.05, 0.1) is 6.20 Å². The molecule has 0 aliphatic carbocycles. The summed E-state index contributed by atoms with van der Waals surface area (Å²) in [4.78, 5) is 7.64. The Balaban J connectivity index is 2.29. The second-order valence-electron chi connectivity index (χ2n) is 3.52. The third-order valence-electron chi connectivity index (χ3n) is 2.14. The fraction of sp³-hybridized carbons (Fsp3) is 0.167. The zero-order valence-corrected chi connectivity index (χ0v) is 9.57. The standard InChI is InChI=1S/C12H12FN3O/c1-8-4-3-5-9(6-8)17-11-10(13)7-15-12(14-2)16-11/h3-7H,1-2H3,(H,14,15,16). The molecule has 1 N–H and O–H groups in total. The summed E-state index contributed by atoms with van der Waals surface area (Å²) in [5, 5.41) is 2.72. The molecule has 0 saturated heterocycles. The first-order valence-electron chi connectivity index (χ1n) is 5.14. The number of rotatable bonds is 3. The van der Waals surface area contributed by atoms with Crippen LogP contribution in [0.15, 0.2) is 30.5 Å². The average Bonchev–Trinajstić information content (AvgIpc) is 2.32. The molecule has 2 rings (SSSR count). The Morgan fingerprint density at radius 1 is 1.35 bits per heavy atom. The molecule has 4 nitrogen and oxygen atoms in total. The molecule has 0 bridgehead atoms.